The molecule has 0 atom stereocenters. The molecule has 0 saturated carbocycles. The largest absolute Gasteiger partial charge is 0.419 e. The molecular formula is C29H28N4O4S2. The average molecular weight is 561 g/mol. The van der Waals surface area contributed by atoms with Gasteiger partial charge in [0.25, 0.3) is 10.0 Å². The van der Waals surface area contributed by atoms with Crippen LogP contribution in [0.15, 0.2) is 83.8 Å². The number of rotatable bonds is 6. The molecule has 0 aliphatic heterocycles. The van der Waals surface area contributed by atoms with Crippen molar-refractivity contribution in [2.75, 3.05) is 10.0 Å². The highest BCUT2D eigenvalue weighted by molar-refractivity contribution is 7.92. The SMILES string of the molecule is Cc1cc(NC(=O)Oc2[nH]c3ccc(NS(=O)(=O)c4ccc(C(C)(C)C)cc4)cc3c2-c2ccccc2)sn1. The van der Waals surface area contributed by atoms with Crippen LogP contribution in [0.1, 0.15) is 32.0 Å². The van der Waals surface area contributed by atoms with Gasteiger partial charge in [-0.1, -0.05) is 63.2 Å². The van der Waals surface area contributed by atoms with Crippen molar-refractivity contribution in [1.82, 2.24) is 9.36 Å². The van der Waals surface area contributed by atoms with Crippen molar-refractivity contribution in [3.8, 4) is 17.0 Å². The van der Waals surface area contributed by atoms with Gasteiger partial charge in [-0.05, 0) is 71.4 Å². The third-order valence-corrected chi connectivity index (χ3v) is 8.35. The standard InChI is InChI=1S/C29H28N4O4S2/c1-18-16-25(38-32-18)31-28(34)37-27-26(19-8-6-5-7-9-19)23-17-21(12-15-24(23)30-27)33-39(35,36)22-13-10-20(11-14-22)29(2,3)4/h5-17,30,33H,1-4H3,(H,31,34). The molecule has 2 heterocycles. The summed E-state index contributed by atoms with van der Waals surface area (Å²) in [5.41, 5.74) is 4.27. The molecule has 3 N–H and O–H groups in total. The Morgan fingerprint density at radius 3 is 2.33 bits per heavy atom. The van der Waals surface area contributed by atoms with Crippen LogP contribution < -0.4 is 14.8 Å². The number of ether oxygens (including phenoxy) is 1. The first-order chi connectivity index (χ1) is 18.5. The lowest BCUT2D eigenvalue weighted by molar-refractivity contribution is 0.214. The number of carbonyl (C=O) groups excluding carboxylic acids is 1. The lowest BCUT2D eigenvalue weighted by Crippen LogP contribution is -2.16. The summed E-state index contributed by atoms with van der Waals surface area (Å²) in [6.45, 7) is 8.07. The maximum atomic E-state index is 13.2. The summed E-state index contributed by atoms with van der Waals surface area (Å²) in [7, 11) is -3.83. The van der Waals surface area contributed by atoms with Gasteiger partial charge in [0.2, 0.25) is 5.88 Å². The van der Waals surface area contributed by atoms with E-state index in [0.29, 0.717) is 27.2 Å². The van der Waals surface area contributed by atoms with Crippen LogP contribution in [-0.4, -0.2) is 23.9 Å². The van der Waals surface area contributed by atoms with Crippen LogP contribution in [0, 0.1) is 6.92 Å². The van der Waals surface area contributed by atoms with E-state index in [1.807, 2.05) is 49.4 Å². The summed E-state index contributed by atoms with van der Waals surface area (Å²) in [5, 5.41) is 3.96. The second-order valence-corrected chi connectivity index (χ2v) is 12.7. The van der Waals surface area contributed by atoms with E-state index in [9.17, 15) is 13.2 Å². The number of carbonyl (C=O) groups is 1. The Hall–Kier alpha value is -4.15. The van der Waals surface area contributed by atoms with Gasteiger partial charge in [-0.15, -0.1) is 0 Å². The highest BCUT2D eigenvalue weighted by Gasteiger charge is 2.21. The van der Waals surface area contributed by atoms with E-state index >= 15 is 0 Å². The topological polar surface area (TPSA) is 113 Å². The van der Waals surface area contributed by atoms with Crippen LogP contribution in [0.4, 0.5) is 15.5 Å². The number of H-pyrrole nitrogens is 1. The summed E-state index contributed by atoms with van der Waals surface area (Å²) in [6.07, 6.45) is -0.665. The van der Waals surface area contributed by atoms with Gasteiger partial charge in [-0.25, -0.2) is 13.2 Å². The molecule has 3 aromatic carbocycles. The van der Waals surface area contributed by atoms with Crippen LogP contribution in [-0.2, 0) is 15.4 Å². The quantitative estimate of drug-likeness (QED) is 0.202. The van der Waals surface area contributed by atoms with E-state index in [2.05, 4.69) is 40.2 Å². The minimum atomic E-state index is -3.83. The van der Waals surface area contributed by atoms with Gasteiger partial charge in [-0.2, -0.15) is 4.37 Å². The van der Waals surface area contributed by atoms with Gasteiger partial charge in [0, 0.05) is 16.6 Å². The van der Waals surface area contributed by atoms with Gasteiger partial charge >= 0.3 is 6.09 Å². The molecule has 0 saturated heterocycles. The number of anilines is 2. The molecule has 5 aromatic rings. The zero-order valence-electron chi connectivity index (χ0n) is 21.9. The summed E-state index contributed by atoms with van der Waals surface area (Å²) in [6, 6.07) is 23.2. The zero-order valence-corrected chi connectivity index (χ0v) is 23.5. The van der Waals surface area contributed by atoms with Crippen LogP contribution in [0.3, 0.4) is 0 Å². The van der Waals surface area contributed by atoms with E-state index in [0.717, 1.165) is 28.4 Å². The molecule has 39 heavy (non-hydrogen) atoms. The first-order valence-corrected chi connectivity index (χ1v) is 14.5. The van der Waals surface area contributed by atoms with Gasteiger partial charge in [0.05, 0.1) is 16.2 Å². The number of amides is 1. The molecule has 8 nitrogen and oxygen atoms in total. The predicted molar refractivity (Wildman–Crippen MR) is 156 cm³/mol. The van der Waals surface area contributed by atoms with Crippen molar-refractivity contribution in [2.45, 2.75) is 38.0 Å². The van der Waals surface area contributed by atoms with Crippen LogP contribution in [0.2, 0.25) is 0 Å². The second-order valence-electron chi connectivity index (χ2n) is 10.2. The van der Waals surface area contributed by atoms with Crippen LogP contribution in [0.25, 0.3) is 22.0 Å². The van der Waals surface area contributed by atoms with Crippen molar-refractivity contribution in [2.24, 2.45) is 0 Å². The molecule has 0 spiro atoms. The summed E-state index contributed by atoms with van der Waals surface area (Å²) in [5.74, 6) is 0.243. The minimum absolute atomic E-state index is 0.0842. The van der Waals surface area contributed by atoms with Gasteiger partial charge in [0.1, 0.15) is 5.00 Å². The van der Waals surface area contributed by atoms with Crippen molar-refractivity contribution < 1.29 is 17.9 Å². The number of nitrogens with one attached hydrogen (secondary N) is 3. The highest BCUT2D eigenvalue weighted by atomic mass is 32.2. The molecule has 200 valence electrons. The molecule has 0 radical (unpaired) electrons. The normalized spacial score (nSPS) is 11.9. The zero-order chi connectivity index (χ0) is 27.8. The molecule has 10 heteroatoms. The third kappa shape index (κ3) is 5.81. The fourth-order valence-corrected chi connectivity index (χ4v) is 5.88. The molecule has 0 aliphatic carbocycles. The van der Waals surface area contributed by atoms with Gasteiger partial charge in [0.15, 0.2) is 0 Å². The lowest BCUT2D eigenvalue weighted by Gasteiger charge is -2.19. The predicted octanol–water partition coefficient (Wildman–Crippen LogP) is 7.31. The molecular weight excluding hydrogens is 532 g/mol. The van der Waals surface area contributed by atoms with Crippen LogP contribution >= 0.6 is 11.5 Å². The van der Waals surface area contributed by atoms with Crippen molar-refractivity contribution in [1.29, 1.82) is 0 Å². The van der Waals surface area contributed by atoms with E-state index < -0.39 is 16.1 Å². The summed E-state index contributed by atoms with van der Waals surface area (Å²) < 4.78 is 38.9. The Balaban J connectivity index is 1.48. The minimum Gasteiger partial charge on any atom is -0.392 e. The van der Waals surface area contributed by atoms with Crippen molar-refractivity contribution in [3.63, 3.8) is 0 Å². The van der Waals surface area contributed by atoms with E-state index in [1.165, 1.54) is 0 Å². The fraction of sp³-hybridized carbons (Fsp3) is 0.172. The Morgan fingerprint density at radius 1 is 0.974 bits per heavy atom. The number of aromatic amines is 1. The number of benzene rings is 3. The van der Waals surface area contributed by atoms with E-state index in [4.69, 9.17) is 4.74 Å². The first kappa shape index (κ1) is 26.5. The Morgan fingerprint density at radius 2 is 1.69 bits per heavy atom. The Bertz CT molecular complexity index is 1750. The Kier molecular flexibility index (Phi) is 6.92. The number of hydrogen-bond acceptors (Lipinski definition) is 6. The molecule has 1 amide bonds. The van der Waals surface area contributed by atoms with E-state index in [1.54, 1.807) is 36.4 Å². The monoisotopic (exact) mass is 560 g/mol. The van der Waals surface area contributed by atoms with E-state index in [-0.39, 0.29) is 16.2 Å². The lowest BCUT2D eigenvalue weighted by atomic mass is 9.87. The summed E-state index contributed by atoms with van der Waals surface area (Å²) in [4.78, 5) is 16.0. The van der Waals surface area contributed by atoms with Crippen LogP contribution in [0.5, 0.6) is 5.88 Å². The number of fused-ring (bicyclic) bond motifs is 1. The molecule has 0 unspecified atom stereocenters. The number of sulfonamides is 1. The number of aryl methyl sites for hydroxylation is 1. The average Bonchev–Trinajstić information content (AvgIpc) is 3.45. The smallest absolute Gasteiger partial charge is 0.392 e. The molecule has 2 aromatic heterocycles. The maximum Gasteiger partial charge on any atom is 0.419 e. The highest BCUT2D eigenvalue weighted by Crippen LogP contribution is 2.39. The van der Waals surface area contributed by atoms with Crippen molar-refractivity contribution >= 4 is 49.2 Å². The number of aromatic nitrogens is 2. The third-order valence-electron chi connectivity index (χ3n) is 6.16. The molecule has 0 fully saturated rings. The number of hydrogen-bond donors (Lipinski definition) is 3. The van der Waals surface area contributed by atoms with Gasteiger partial charge in [-0.3, -0.25) is 10.0 Å². The first-order valence-electron chi connectivity index (χ1n) is 12.3. The summed E-state index contributed by atoms with van der Waals surface area (Å²) >= 11 is 1.16. The van der Waals surface area contributed by atoms with Gasteiger partial charge < -0.3 is 9.72 Å². The fourth-order valence-electron chi connectivity index (χ4n) is 4.19. The Labute approximate surface area is 231 Å². The molecule has 0 aliphatic rings. The van der Waals surface area contributed by atoms with Crippen molar-refractivity contribution in [3.05, 3.63) is 90.1 Å². The number of nitrogens with zero attached hydrogens (tertiary/aromatic N) is 1. The molecule has 0 bridgehead atoms. The molecule has 5 rings (SSSR count). The maximum absolute atomic E-state index is 13.2. The second kappa shape index (κ2) is 10.2.